The van der Waals surface area contributed by atoms with Crippen LogP contribution in [-0.4, -0.2) is 19.2 Å². The molecule has 0 aliphatic heterocycles. The van der Waals surface area contributed by atoms with Crippen LogP contribution in [0.15, 0.2) is 83.3 Å². The second kappa shape index (κ2) is 9.24. The molecule has 0 radical (unpaired) electrons. The van der Waals surface area contributed by atoms with Crippen LogP contribution >= 0.6 is 11.3 Å². The predicted octanol–water partition coefficient (Wildman–Crippen LogP) is 5.25. The molecule has 0 spiro atoms. The van der Waals surface area contributed by atoms with Crippen LogP contribution in [0, 0.1) is 0 Å². The number of rotatable bonds is 7. The van der Waals surface area contributed by atoms with Gasteiger partial charge in [0.05, 0.1) is 18.9 Å². The molecule has 150 valence electrons. The van der Waals surface area contributed by atoms with E-state index in [9.17, 15) is 4.79 Å². The average Bonchev–Trinajstić information content (AvgIpc) is 3.23. The maximum atomic E-state index is 12.4. The molecule has 0 unspecified atom stereocenters. The number of carbonyl (C=O) groups excluding carboxylic acids is 1. The number of hydrazone groups is 1. The van der Waals surface area contributed by atoms with E-state index in [0.29, 0.717) is 23.7 Å². The van der Waals surface area contributed by atoms with E-state index in [2.05, 4.69) is 10.5 Å². The smallest absolute Gasteiger partial charge is 0.272 e. The van der Waals surface area contributed by atoms with Crippen molar-refractivity contribution in [1.82, 2.24) is 5.43 Å². The molecular weight excluding hydrogens is 396 g/mol. The summed E-state index contributed by atoms with van der Waals surface area (Å²) in [6.07, 6.45) is 1.58. The summed E-state index contributed by atoms with van der Waals surface area (Å²) >= 11 is 1.54. The Bertz CT molecular complexity index is 1190. The van der Waals surface area contributed by atoms with Gasteiger partial charge in [-0.05, 0) is 35.4 Å². The molecule has 1 N–H and O–H groups in total. The van der Waals surface area contributed by atoms with Crippen LogP contribution in [-0.2, 0) is 6.61 Å². The van der Waals surface area contributed by atoms with Gasteiger partial charge in [0, 0.05) is 15.5 Å². The standard InChI is InChI=1S/C24H20N2O3S/c1-28-22-13-18(11-12-21(22)29-15-17-7-3-2-4-8-17)14-25-26-24(27)20-16-30-23-10-6-5-9-19(20)23/h2-14,16H,15H2,1H3,(H,26,27). The summed E-state index contributed by atoms with van der Waals surface area (Å²) in [6, 6.07) is 23.2. The molecule has 0 bridgehead atoms. The molecule has 4 rings (SSSR count). The third kappa shape index (κ3) is 4.50. The van der Waals surface area contributed by atoms with Gasteiger partial charge in [-0.3, -0.25) is 4.79 Å². The molecule has 6 heteroatoms. The zero-order valence-electron chi connectivity index (χ0n) is 16.4. The lowest BCUT2D eigenvalue weighted by Gasteiger charge is -2.11. The van der Waals surface area contributed by atoms with E-state index in [1.54, 1.807) is 13.3 Å². The molecule has 0 aliphatic rings. The number of hydrogen-bond donors (Lipinski definition) is 1. The third-order valence-corrected chi connectivity index (χ3v) is 5.49. The monoisotopic (exact) mass is 416 g/mol. The number of nitrogens with zero attached hydrogens (tertiary/aromatic N) is 1. The highest BCUT2D eigenvalue weighted by Gasteiger charge is 2.11. The second-order valence-corrected chi connectivity index (χ2v) is 7.44. The van der Waals surface area contributed by atoms with Gasteiger partial charge in [0.1, 0.15) is 6.61 Å². The molecule has 1 aromatic heterocycles. The van der Waals surface area contributed by atoms with Gasteiger partial charge >= 0.3 is 0 Å². The van der Waals surface area contributed by atoms with Crippen LogP contribution < -0.4 is 14.9 Å². The van der Waals surface area contributed by atoms with Crippen molar-refractivity contribution < 1.29 is 14.3 Å². The highest BCUT2D eigenvalue weighted by Crippen LogP contribution is 2.28. The first kappa shape index (κ1) is 19.7. The number of amides is 1. The Morgan fingerprint density at radius 2 is 1.83 bits per heavy atom. The van der Waals surface area contributed by atoms with Crippen LogP contribution in [0.4, 0.5) is 0 Å². The van der Waals surface area contributed by atoms with Crippen molar-refractivity contribution in [2.75, 3.05) is 7.11 Å². The summed E-state index contributed by atoms with van der Waals surface area (Å²) in [5, 5.41) is 6.86. The third-order valence-electron chi connectivity index (χ3n) is 4.53. The summed E-state index contributed by atoms with van der Waals surface area (Å²) in [5.41, 5.74) is 5.07. The second-order valence-electron chi connectivity index (χ2n) is 6.53. The average molecular weight is 417 g/mol. The number of methoxy groups -OCH3 is 1. The fourth-order valence-electron chi connectivity index (χ4n) is 3.00. The van der Waals surface area contributed by atoms with Gasteiger partial charge in [-0.1, -0.05) is 48.5 Å². The van der Waals surface area contributed by atoms with Crippen LogP contribution in [0.2, 0.25) is 0 Å². The van der Waals surface area contributed by atoms with Crippen LogP contribution in [0.1, 0.15) is 21.5 Å². The lowest BCUT2D eigenvalue weighted by Crippen LogP contribution is -2.17. The molecule has 5 nitrogen and oxygen atoms in total. The molecule has 1 amide bonds. The molecule has 1 heterocycles. The maximum Gasteiger partial charge on any atom is 0.272 e. The fourth-order valence-corrected chi connectivity index (χ4v) is 3.94. The summed E-state index contributed by atoms with van der Waals surface area (Å²) in [5.74, 6) is 1.01. The predicted molar refractivity (Wildman–Crippen MR) is 121 cm³/mol. The summed E-state index contributed by atoms with van der Waals surface area (Å²) in [4.78, 5) is 12.4. The van der Waals surface area contributed by atoms with Gasteiger partial charge in [0.15, 0.2) is 11.5 Å². The highest BCUT2D eigenvalue weighted by molar-refractivity contribution is 7.17. The number of thiophene rings is 1. The molecule has 30 heavy (non-hydrogen) atoms. The van der Waals surface area contributed by atoms with E-state index < -0.39 is 0 Å². The van der Waals surface area contributed by atoms with E-state index in [1.165, 1.54) is 11.3 Å². The molecule has 0 atom stereocenters. The number of fused-ring (bicyclic) bond motifs is 1. The van der Waals surface area contributed by atoms with Crippen molar-refractivity contribution in [3.63, 3.8) is 0 Å². The summed E-state index contributed by atoms with van der Waals surface area (Å²) < 4.78 is 12.4. The SMILES string of the molecule is COc1cc(C=NNC(=O)c2csc3ccccc23)ccc1OCc1ccccc1. The van der Waals surface area contributed by atoms with Gasteiger partial charge in [0.2, 0.25) is 0 Å². The fraction of sp³-hybridized carbons (Fsp3) is 0.0833. The van der Waals surface area contributed by atoms with Gasteiger partial charge in [-0.25, -0.2) is 5.43 Å². The first-order valence-corrected chi connectivity index (χ1v) is 10.3. The quantitative estimate of drug-likeness (QED) is 0.331. The number of hydrogen-bond acceptors (Lipinski definition) is 5. The topological polar surface area (TPSA) is 59.9 Å². The first-order chi connectivity index (χ1) is 14.7. The van der Waals surface area contributed by atoms with E-state index in [1.807, 2.05) is 78.2 Å². The minimum absolute atomic E-state index is 0.238. The van der Waals surface area contributed by atoms with Gasteiger partial charge < -0.3 is 9.47 Å². The Labute approximate surface area is 178 Å². The number of benzene rings is 3. The maximum absolute atomic E-state index is 12.4. The van der Waals surface area contributed by atoms with Crippen LogP contribution in [0.3, 0.4) is 0 Å². The molecule has 0 aliphatic carbocycles. The van der Waals surface area contributed by atoms with E-state index >= 15 is 0 Å². The van der Waals surface area contributed by atoms with Crippen LogP contribution in [0.5, 0.6) is 11.5 Å². The van der Waals surface area contributed by atoms with Gasteiger partial charge in [0.25, 0.3) is 5.91 Å². The Kier molecular flexibility index (Phi) is 6.06. The minimum Gasteiger partial charge on any atom is -0.493 e. The number of nitrogens with one attached hydrogen (secondary N) is 1. The molecule has 4 aromatic rings. The molecular formula is C24H20N2O3S. The van der Waals surface area contributed by atoms with Crippen LogP contribution in [0.25, 0.3) is 10.1 Å². The van der Waals surface area contributed by atoms with Crippen molar-refractivity contribution >= 4 is 33.5 Å². The van der Waals surface area contributed by atoms with Gasteiger partial charge in [-0.2, -0.15) is 5.10 Å². The normalized spacial score (nSPS) is 11.0. The minimum atomic E-state index is -0.238. The zero-order chi connectivity index (χ0) is 20.8. The van der Waals surface area contributed by atoms with Crippen molar-refractivity contribution in [2.45, 2.75) is 6.61 Å². The number of carbonyl (C=O) groups is 1. The van der Waals surface area contributed by atoms with Gasteiger partial charge in [-0.15, -0.1) is 11.3 Å². The Balaban J connectivity index is 1.41. The highest BCUT2D eigenvalue weighted by atomic mass is 32.1. The lowest BCUT2D eigenvalue weighted by atomic mass is 10.2. The molecule has 0 saturated carbocycles. The number of ether oxygens (including phenoxy) is 2. The van der Waals surface area contributed by atoms with Crippen molar-refractivity contribution in [3.05, 3.63) is 94.9 Å². The Hall–Kier alpha value is -3.64. The lowest BCUT2D eigenvalue weighted by molar-refractivity contribution is 0.0957. The van der Waals surface area contributed by atoms with E-state index in [0.717, 1.165) is 21.2 Å². The Morgan fingerprint density at radius 3 is 2.67 bits per heavy atom. The largest absolute Gasteiger partial charge is 0.493 e. The van der Waals surface area contributed by atoms with Crippen molar-refractivity contribution in [3.8, 4) is 11.5 Å². The summed E-state index contributed by atoms with van der Waals surface area (Å²) in [7, 11) is 1.59. The summed E-state index contributed by atoms with van der Waals surface area (Å²) in [6.45, 7) is 0.454. The Morgan fingerprint density at radius 1 is 1.03 bits per heavy atom. The van der Waals surface area contributed by atoms with Crippen molar-refractivity contribution in [1.29, 1.82) is 0 Å². The van der Waals surface area contributed by atoms with Crippen molar-refractivity contribution in [2.24, 2.45) is 5.10 Å². The molecule has 3 aromatic carbocycles. The van der Waals surface area contributed by atoms with E-state index in [4.69, 9.17) is 9.47 Å². The first-order valence-electron chi connectivity index (χ1n) is 9.39. The molecule has 0 saturated heterocycles. The molecule has 0 fully saturated rings. The van der Waals surface area contributed by atoms with E-state index in [-0.39, 0.29) is 5.91 Å². The zero-order valence-corrected chi connectivity index (χ0v) is 17.2.